The molecular weight excluding hydrogens is 212 g/mol. The number of carbonyl (C=O) groups is 2. The van der Waals surface area contributed by atoms with Crippen molar-refractivity contribution in [3.05, 3.63) is 0 Å². The van der Waals surface area contributed by atoms with E-state index in [0.29, 0.717) is 26.1 Å². The van der Waals surface area contributed by atoms with E-state index in [2.05, 4.69) is 5.32 Å². The Balaban J connectivity index is 2.47. The average molecular weight is 230 g/mol. The third kappa shape index (κ3) is 4.06. The fourth-order valence-electron chi connectivity index (χ4n) is 1.37. The molecule has 0 bridgehead atoms. The molecule has 1 rings (SSSR count). The predicted molar refractivity (Wildman–Crippen MR) is 56.7 cm³/mol. The van der Waals surface area contributed by atoms with Gasteiger partial charge in [0.15, 0.2) is 6.23 Å². The predicted octanol–water partition coefficient (Wildman–Crippen LogP) is 0.326. The summed E-state index contributed by atoms with van der Waals surface area (Å²) in [5.74, 6) is 0. The number of amides is 1. The molecule has 6 heteroatoms. The summed E-state index contributed by atoms with van der Waals surface area (Å²) in [5, 5.41) is 2.96. The molecule has 1 aliphatic rings. The fourth-order valence-corrected chi connectivity index (χ4v) is 1.37. The van der Waals surface area contributed by atoms with Crippen molar-refractivity contribution in [2.24, 2.45) is 0 Å². The maximum Gasteiger partial charge on any atom is 0.410 e. The quantitative estimate of drug-likeness (QED) is 0.692. The minimum atomic E-state index is -0.511. The van der Waals surface area contributed by atoms with Crippen LogP contribution in [0.15, 0.2) is 0 Å². The van der Waals surface area contributed by atoms with Gasteiger partial charge >= 0.3 is 6.09 Å². The number of piperazine rings is 1. The van der Waals surface area contributed by atoms with E-state index in [0.717, 1.165) is 0 Å². The van der Waals surface area contributed by atoms with Crippen LogP contribution in [0.5, 0.6) is 0 Å². The van der Waals surface area contributed by atoms with E-state index in [1.807, 2.05) is 20.8 Å². The minimum Gasteiger partial charge on any atom is -0.447 e. The van der Waals surface area contributed by atoms with Crippen LogP contribution in [0.25, 0.3) is 0 Å². The van der Waals surface area contributed by atoms with Crippen molar-refractivity contribution in [1.82, 2.24) is 10.2 Å². The van der Waals surface area contributed by atoms with Crippen LogP contribution < -0.4 is 5.32 Å². The van der Waals surface area contributed by atoms with E-state index >= 15 is 0 Å². The molecule has 6 nitrogen and oxygen atoms in total. The number of ether oxygens (including phenoxy) is 2. The number of hydrogen-bond donors (Lipinski definition) is 1. The molecule has 0 aliphatic carbocycles. The molecule has 0 radical (unpaired) electrons. The fraction of sp³-hybridized carbons (Fsp3) is 0.800. The number of nitrogens with one attached hydrogen (secondary N) is 1. The summed E-state index contributed by atoms with van der Waals surface area (Å²) in [7, 11) is 0. The second kappa shape index (κ2) is 5.16. The molecule has 92 valence electrons. The summed E-state index contributed by atoms with van der Waals surface area (Å²) in [5.41, 5.74) is -0.511. The van der Waals surface area contributed by atoms with Gasteiger partial charge in [0, 0.05) is 13.1 Å². The lowest BCUT2D eigenvalue weighted by atomic mass is 10.2. The molecule has 0 aromatic carbocycles. The van der Waals surface area contributed by atoms with Crippen molar-refractivity contribution in [3.63, 3.8) is 0 Å². The summed E-state index contributed by atoms with van der Waals surface area (Å²) in [4.78, 5) is 23.4. The van der Waals surface area contributed by atoms with Crippen LogP contribution in [0.3, 0.4) is 0 Å². The summed E-state index contributed by atoms with van der Waals surface area (Å²) < 4.78 is 9.97. The van der Waals surface area contributed by atoms with Crippen molar-refractivity contribution < 1.29 is 19.1 Å². The molecule has 0 aromatic heterocycles. The van der Waals surface area contributed by atoms with Gasteiger partial charge in [-0.15, -0.1) is 0 Å². The van der Waals surface area contributed by atoms with E-state index in [1.165, 1.54) is 4.90 Å². The largest absolute Gasteiger partial charge is 0.447 e. The maximum atomic E-state index is 11.7. The van der Waals surface area contributed by atoms with Crippen LogP contribution in [0.1, 0.15) is 20.8 Å². The lowest BCUT2D eigenvalue weighted by Crippen LogP contribution is -2.54. The minimum absolute atomic E-state index is 0.313. The molecule has 0 spiro atoms. The smallest absolute Gasteiger partial charge is 0.410 e. The van der Waals surface area contributed by atoms with Gasteiger partial charge in [0.2, 0.25) is 0 Å². The summed E-state index contributed by atoms with van der Waals surface area (Å²) in [6, 6.07) is 0. The topological polar surface area (TPSA) is 67.9 Å². The molecule has 16 heavy (non-hydrogen) atoms. The SMILES string of the molecule is CC(C)(C)OC(=O)N1CCNC(OC=O)C1. The van der Waals surface area contributed by atoms with Crippen LogP contribution in [0.2, 0.25) is 0 Å². The van der Waals surface area contributed by atoms with Gasteiger partial charge in [-0.1, -0.05) is 0 Å². The lowest BCUT2D eigenvalue weighted by molar-refractivity contribution is -0.137. The first-order chi connectivity index (χ1) is 7.42. The van der Waals surface area contributed by atoms with E-state index in [9.17, 15) is 9.59 Å². The average Bonchev–Trinajstić information content (AvgIpc) is 2.16. The first kappa shape index (κ1) is 12.8. The maximum absolute atomic E-state index is 11.7. The molecule has 1 amide bonds. The lowest BCUT2D eigenvalue weighted by Gasteiger charge is -2.33. The zero-order valence-corrected chi connectivity index (χ0v) is 9.86. The molecule has 0 aromatic rings. The van der Waals surface area contributed by atoms with Crippen LogP contribution in [-0.2, 0) is 14.3 Å². The van der Waals surface area contributed by atoms with Gasteiger partial charge in [-0.05, 0) is 20.8 Å². The van der Waals surface area contributed by atoms with Gasteiger partial charge < -0.3 is 14.4 Å². The summed E-state index contributed by atoms with van der Waals surface area (Å²) in [6.07, 6.45) is -0.827. The Morgan fingerprint density at radius 1 is 1.50 bits per heavy atom. The van der Waals surface area contributed by atoms with Gasteiger partial charge in [0.05, 0.1) is 6.54 Å². The van der Waals surface area contributed by atoms with Crippen LogP contribution in [-0.4, -0.2) is 48.9 Å². The zero-order valence-electron chi connectivity index (χ0n) is 9.86. The first-order valence-corrected chi connectivity index (χ1v) is 5.23. The molecule has 1 N–H and O–H groups in total. The molecule has 1 unspecified atom stereocenters. The molecule has 0 saturated carbocycles. The Bertz CT molecular complexity index is 262. The van der Waals surface area contributed by atoms with Crippen molar-refractivity contribution in [1.29, 1.82) is 0 Å². The second-order valence-corrected chi connectivity index (χ2v) is 4.60. The Hall–Kier alpha value is -1.30. The van der Waals surface area contributed by atoms with Gasteiger partial charge in [0.1, 0.15) is 5.60 Å². The highest BCUT2D eigenvalue weighted by molar-refractivity contribution is 5.68. The van der Waals surface area contributed by atoms with Gasteiger partial charge in [-0.25, -0.2) is 4.79 Å². The Morgan fingerprint density at radius 2 is 2.19 bits per heavy atom. The highest BCUT2D eigenvalue weighted by Gasteiger charge is 2.27. The van der Waals surface area contributed by atoms with E-state index in [1.54, 1.807) is 0 Å². The molecule has 1 fully saturated rings. The van der Waals surface area contributed by atoms with E-state index in [4.69, 9.17) is 9.47 Å². The van der Waals surface area contributed by atoms with Crippen molar-refractivity contribution in [2.45, 2.75) is 32.6 Å². The number of nitrogens with zero attached hydrogens (tertiary/aromatic N) is 1. The number of carbonyl (C=O) groups excluding carboxylic acids is 2. The molecule has 1 atom stereocenters. The monoisotopic (exact) mass is 230 g/mol. The highest BCUT2D eigenvalue weighted by Crippen LogP contribution is 2.11. The standard InChI is InChI=1S/C10H18N2O4/c1-10(2,3)16-9(14)12-5-4-11-8(6-12)15-7-13/h7-8,11H,4-6H2,1-3H3. The van der Waals surface area contributed by atoms with Crippen LogP contribution in [0, 0.1) is 0 Å². The Kier molecular flexibility index (Phi) is 4.12. The number of hydrogen-bond acceptors (Lipinski definition) is 5. The third-order valence-electron chi connectivity index (χ3n) is 2.01. The number of rotatable bonds is 2. The second-order valence-electron chi connectivity index (χ2n) is 4.60. The van der Waals surface area contributed by atoms with Gasteiger partial charge in [-0.2, -0.15) is 0 Å². The Labute approximate surface area is 94.9 Å². The molecule has 1 aliphatic heterocycles. The zero-order chi connectivity index (χ0) is 12.2. The van der Waals surface area contributed by atoms with E-state index in [-0.39, 0.29) is 6.09 Å². The van der Waals surface area contributed by atoms with Gasteiger partial charge in [-0.3, -0.25) is 10.1 Å². The Morgan fingerprint density at radius 3 is 2.75 bits per heavy atom. The van der Waals surface area contributed by atoms with Crippen LogP contribution in [0.4, 0.5) is 4.79 Å². The highest BCUT2D eigenvalue weighted by atomic mass is 16.6. The van der Waals surface area contributed by atoms with E-state index < -0.39 is 11.8 Å². The van der Waals surface area contributed by atoms with Crippen LogP contribution >= 0.6 is 0 Å². The summed E-state index contributed by atoms with van der Waals surface area (Å²) >= 11 is 0. The molecule has 1 saturated heterocycles. The van der Waals surface area contributed by atoms with Crippen molar-refractivity contribution in [3.8, 4) is 0 Å². The first-order valence-electron chi connectivity index (χ1n) is 5.23. The van der Waals surface area contributed by atoms with Gasteiger partial charge in [0.25, 0.3) is 6.47 Å². The third-order valence-corrected chi connectivity index (χ3v) is 2.01. The summed E-state index contributed by atoms with van der Waals surface area (Å²) in [6.45, 7) is 7.25. The normalized spacial score (nSPS) is 21.4. The molecular formula is C10H18N2O4. The van der Waals surface area contributed by atoms with Crippen molar-refractivity contribution in [2.75, 3.05) is 19.6 Å². The van der Waals surface area contributed by atoms with Crippen molar-refractivity contribution >= 4 is 12.6 Å². The molecule has 1 heterocycles.